The van der Waals surface area contributed by atoms with Crippen LogP contribution in [0.15, 0.2) is 55.1 Å². The summed E-state index contributed by atoms with van der Waals surface area (Å²) < 4.78 is 10.6. The summed E-state index contributed by atoms with van der Waals surface area (Å²) in [6.45, 7) is 1.43. The van der Waals surface area contributed by atoms with Gasteiger partial charge in [0.05, 0.1) is 14.2 Å². The standard InChI is InChI=1S/C20H23N5O2/c1-26-17-4-3-15(11-18(17)27-2)7-10-22-19-12-20(25-14-24-19)23-13-16-5-8-21-9-6-16/h3-6,8-9,11-12,14H,7,10,13H2,1-2H3,(H2,22,23,24,25). The minimum absolute atomic E-state index is 0.685. The smallest absolute Gasteiger partial charge is 0.160 e. The molecular formula is C20H23N5O2. The third-order valence-electron chi connectivity index (χ3n) is 4.06. The first-order valence-electron chi connectivity index (χ1n) is 8.68. The third-order valence-corrected chi connectivity index (χ3v) is 4.06. The van der Waals surface area contributed by atoms with E-state index in [0.29, 0.717) is 6.54 Å². The Kier molecular flexibility index (Phi) is 6.40. The fourth-order valence-electron chi connectivity index (χ4n) is 2.61. The molecule has 3 rings (SSSR count). The van der Waals surface area contributed by atoms with Crippen molar-refractivity contribution in [2.75, 3.05) is 31.4 Å². The average molecular weight is 365 g/mol. The second-order valence-corrected chi connectivity index (χ2v) is 5.86. The fourth-order valence-corrected chi connectivity index (χ4v) is 2.61. The van der Waals surface area contributed by atoms with Gasteiger partial charge < -0.3 is 20.1 Å². The molecule has 0 fully saturated rings. The highest BCUT2D eigenvalue weighted by atomic mass is 16.5. The molecule has 0 bridgehead atoms. The molecule has 7 heteroatoms. The Morgan fingerprint density at radius 3 is 2.30 bits per heavy atom. The fraction of sp³-hybridized carbons (Fsp3) is 0.250. The molecule has 0 radical (unpaired) electrons. The number of nitrogens with zero attached hydrogens (tertiary/aromatic N) is 3. The van der Waals surface area contributed by atoms with Gasteiger partial charge in [0, 0.05) is 31.5 Å². The summed E-state index contributed by atoms with van der Waals surface area (Å²) in [5, 5.41) is 6.61. The largest absolute Gasteiger partial charge is 0.493 e. The van der Waals surface area contributed by atoms with Crippen LogP contribution in [0.2, 0.25) is 0 Å². The number of hydrogen-bond donors (Lipinski definition) is 2. The maximum absolute atomic E-state index is 5.34. The zero-order chi connectivity index (χ0) is 18.9. The van der Waals surface area contributed by atoms with E-state index in [-0.39, 0.29) is 0 Å². The van der Waals surface area contributed by atoms with Crippen LogP contribution in [0.5, 0.6) is 11.5 Å². The molecule has 0 atom stereocenters. The Bertz CT molecular complexity index is 858. The van der Waals surface area contributed by atoms with Crippen LogP contribution in [-0.2, 0) is 13.0 Å². The van der Waals surface area contributed by atoms with Crippen molar-refractivity contribution < 1.29 is 9.47 Å². The maximum atomic E-state index is 5.34. The summed E-state index contributed by atoms with van der Waals surface area (Å²) in [5.74, 6) is 3.02. The zero-order valence-corrected chi connectivity index (χ0v) is 15.5. The normalized spacial score (nSPS) is 10.3. The summed E-state index contributed by atoms with van der Waals surface area (Å²) in [5.41, 5.74) is 2.30. The van der Waals surface area contributed by atoms with Gasteiger partial charge in [-0.2, -0.15) is 0 Å². The molecule has 0 spiro atoms. The summed E-state index contributed by atoms with van der Waals surface area (Å²) in [6, 6.07) is 11.8. The van der Waals surface area contributed by atoms with Gasteiger partial charge in [-0.1, -0.05) is 6.07 Å². The molecule has 0 aliphatic rings. The van der Waals surface area contributed by atoms with E-state index in [1.807, 2.05) is 36.4 Å². The number of nitrogens with one attached hydrogen (secondary N) is 2. The molecular weight excluding hydrogens is 342 g/mol. The predicted octanol–water partition coefficient (Wildman–Crippen LogP) is 3.16. The van der Waals surface area contributed by atoms with Gasteiger partial charge >= 0.3 is 0 Å². The summed E-state index contributed by atoms with van der Waals surface area (Å²) >= 11 is 0. The summed E-state index contributed by atoms with van der Waals surface area (Å²) in [6.07, 6.45) is 5.94. The van der Waals surface area contributed by atoms with E-state index in [4.69, 9.17) is 9.47 Å². The SMILES string of the molecule is COc1ccc(CCNc2cc(NCc3ccncc3)ncn2)cc1OC. The number of ether oxygens (including phenoxy) is 2. The number of hydrogen-bond acceptors (Lipinski definition) is 7. The summed E-state index contributed by atoms with van der Waals surface area (Å²) in [4.78, 5) is 12.5. The van der Waals surface area contributed by atoms with E-state index in [0.717, 1.165) is 47.2 Å². The predicted molar refractivity (Wildman–Crippen MR) is 105 cm³/mol. The van der Waals surface area contributed by atoms with Crippen molar-refractivity contribution in [3.8, 4) is 11.5 Å². The van der Waals surface area contributed by atoms with Crippen molar-refractivity contribution in [3.63, 3.8) is 0 Å². The number of pyridine rings is 1. The number of rotatable bonds is 9. The minimum Gasteiger partial charge on any atom is -0.493 e. The molecule has 0 saturated carbocycles. The van der Waals surface area contributed by atoms with Crippen LogP contribution in [0.25, 0.3) is 0 Å². The van der Waals surface area contributed by atoms with Crippen LogP contribution >= 0.6 is 0 Å². The zero-order valence-electron chi connectivity index (χ0n) is 15.5. The lowest BCUT2D eigenvalue weighted by atomic mass is 10.1. The Labute approximate surface area is 158 Å². The van der Waals surface area contributed by atoms with E-state index < -0.39 is 0 Å². The lowest BCUT2D eigenvalue weighted by Gasteiger charge is -2.11. The Hall–Kier alpha value is -3.35. The Balaban J connectivity index is 1.52. The maximum Gasteiger partial charge on any atom is 0.160 e. The highest BCUT2D eigenvalue weighted by molar-refractivity contribution is 5.47. The topological polar surface area (TPSA) is 81.2 Å². The third kappa shape index (κ3) is 5.31. The Morgan fingerprint density at radius 1 is 0.815 bits per heavy atom. The van der Waals surface area contributed by atoms with Crippen molar-refractivity contribution in [2.24, 2.45) is 0 Å². The quantitative estimate of drug-likeness (QED) is 0.603. The molecule has 3 aromatic rings. The Morgan fingerprint density at radius 2 is 1.56 bits per heavy atom. The first kappa shape index (κ1) is 18.4. The molecule has 27 heavy (non-hydrogen) atoms. The van der Waals surface area contributed by atoms with Crippen LogP contribution in [0, 0.1) is 0 Å². The average Bonchev–Trinajstić information content (AvgIpc) is 2.73. The van der Waals surface area contributed by atoms with Gasteiger partial charge in [0.2, 0.25) is 0 Å². The van der Waals surface area contributed by atoms with E-state index in [1.165, 1.54) is 0 Å². The van der Waals surface area contributed by atoms with Gasteiger partial charge in [0.1, 0.15) is 18.0 Å². The van der Waals surface area contributed by atoms with Gasteiger partial charge in [0.15, 0.2) is 11.5 Å². The molecule has 1 aromatic carbocycles. The molecule has 2 aromatic heterocycles. The van der Waals surface area contributed by atoms with Crippen LogP contribution in [0.3, 0.4) is 0 Å². The van der Waals surface area contributed by atoms with Crippen molar-refractivity contribution in [2.45, 2.75) is 13.0 Å². The minimum atomic E-state index is 0.685. The molecule has 0 saturated heterocycles. The van der Waals surface area contributed by atoms with E-state index in [1.54, 1.807) is 32.9 Å². The second-order valence-electron chi connectivity index (χ2n) is 5.86. The van der Waals surface area contributed by atoms with E-state index in [9.17, 15) is 0 Å². The first-order valence-corrected chi connectivity index (χ1v) is 8.68. The monoisotopic (exact) mass is 365 g/mol. The number of anilines is 2. The van der Waals surface area contributed by atoms with Crippen LogP contribution in [0.1, 0.15) is 11.1 Å². The molecule has 2 heterocycles. The van der Waals surface area contributed by atoms with Crippen LogP contribution < -0.4 is 20.1 Å². The lowest BCUT2D eigenvalue weighted by Crippen LogP contribution is -2.08. The number of methoxy groups -OCH3 is 2. The number of benzene rings is 1. The van der Waals surface area contributed by atoms with Gasteiger partial charge in [-0.3, -0.25) is 4.98 Å². The van der Waals surface area contributed by atoms with Crippen molar-refractivity contribution in [1.82, 2.24) is 15.0 Å². The van der Waals surface area contributed by atoms with Crippen molar-refractivity contribution in [1.29, 1.82) is 0 Å². The molecule has 140 valence electrons. The first-order chi connectivity index (χ1) is 13.3. The molecule has 0 amide bonds. The van der Waals surface area contributed by atoms with Gasteiger partial charge in [-0.15, -0.1) is 0 Å². The van der Waals surface area contributed by atoms with E-state index in [2.05, 4.69) is 25.6 Å². The molecule has 0 aliphatic carbocycles. The van der Waals surface area contributed by atoms with Crippen molar-refractivity contribution >= 4 is 11.6 Å². The molecule has 0 unspecified atom stereocenters. The van der Waals surface area contributed by atoms with Crippen LogP contribution in [0.4, 0.5) is 11.6 Å². The summed E-state index contributed by atoms with van der Waals surface area (Å²) in [7, 11) is 3.27. The second kappa shape index (κ2) is 9.38. The molecule has 7 nitrogen and oxygen atoms in total. The highest BCUT2D eigenvalue weighted by Gasteiger charge is 2.05. The van der Waals surface area contributed by atoms with Gasteiger partial charge in [-0.05, 0) is 41.8 Å². The van der Waals surface area contributed by atoms with Gasteiger partial charge in [0.25, 0.3) is 0 Å². The van der Waals surface area contributed by atoms with Crippen molar-refractivity contribution in [3.05, 3.63) is 66.2 Å². The van der Waals surface area contributed by atoms with Gasteiger partial charge in [-0.25, -0.2) is 9.97 Å². The lowest BCUT2D eigenvalue weighted by molar-refractivity contribution is 0.354. The molecule has 2 N–H and O–H groups in total. The highest BCUT2D eigenvalue weighted by Crippen LogP contribution is 2.27. The van der Waals surface area contributed by atoms with Crippen LogP contribution in [-0.4, -0.2) is 35.7 Å². The molecule has 0 aliphatic heterocycles. The number of aromatic nitrogens is 3. The van der Waals surface area contributed by atoms with E-state index >= 15 is 0 Å².